The molecular formula is C25H35N3O8. The van der Waals surface area contributed by atoms with Crippen LogP contribution in [0.3, 0.4) is 0 Å². The first-order valence-electron chi connectivity index (χ1n) is 11.6. The number of benzene rings is 1. The third kappa shape index (κ3) is 6.55. The fourth-order valence-electron chi connectivity index (χ4n) is 4.09. The average Bonchev–Trinajstić information content (AvgIpc) is 3.37. The number of aliphatic hydroxyl groups is 2. The number of nitrogens with zero attached hydrogens (tertiary/aromatic N) is 2. The fourth-order valence-corrected chi connectivity index (χ4v) is 4.09. The number of hydrogen-bond acceptors (Lipinski definition) is 9. The first-order valence-corrected chi connectivity index (χ1v) is 11.6. The molecule has 3 N–H and O–H groups in total. The lowest BCUT2D eigenvalue weighted by Crippen LogP contribution is -2.38. The zero-order valence-corrected chi connectivity index (χ0v) is 21.2. The highest BCUT2D eigenvalue weighted by Crippen LogP contribution is 2.37. The molecule has 0 unspecified atom stereocenters. The van der Waals surface area contributed by atoms with E-state index in [9.17, 15) is 19.8 Å². The Balaban J connectivity index is 1.94. The maximum absolute atomic E-state index is 13.5. The summed E-state index contributed by atoms with van der Waals surface area (Å²) in [5.41, 5.74) is 1.14. The van der Waals surface area contributed by atoms with E-state index in [1.165, 1.54) is 29.2 Å². The summed E-state index contributed by atoms with van der Waals surface area (Å²) >= 11 is 0. The molecule has 2 saturated heterocycles. The van der Waals surface area contributed by atoms with Crippen molar-refractivity contribution in [1.82, 2.24) is 9.96 Å². The summed E-state index contributed by atoms with van der Waals surface area (Å²) < 4.78 is 10.8. The van der Waals surface area contributed by atoms with Crippen LogP contribution in [0.4, 0.5) is 10.5 Å². The molecule has 2 atom stereocenters. The Kier molecular flexibility index (Phi) is 8.62. The predicted molar refractivity (Wildman–Crippen MR) is 132 cm³/mol. The molecule has 0 saturated carbocycles. The molecule has 1 aromatic rings. The van der Waals surface area contributed by atoms with Gasteiger partial charge in [-0.3, -0.25) is 10.1 Å². The van der Waals surface area contributed by atoms with Crippen molar-refractivity contribution in [2.45, 2.75) is 51.3 Å². The number of hydrogen-bond donors (Lipinski definition) is 3. The summed E-state index contributed by atoms with van der Waals surface area (Å²) in [4.78, 5) is 38.6. The van der Waals surface area contributed by atoms with E-state index in [1.807, 2.05) is 0 Å². The van der Waals surface area contributed by atoms with Crippen molar-refractivity contribution in [3.63, 3.8) is 0 Å². The molecule has 2 aliphatic heterocycles. The van der Waals surface area contributed by atoms with Crippen molar-refractivity contribution in [1.29, 1.82) is 0 Å². The van der Waals surface area contributed by atoms with Crippen molar-refractivity contribution in [2.75, 3.05) is 38.7 Å². The molecule has 3 rings (SSSR count). The van der Waals surface area contributed by atoms with Crippen molar-refractivity contribution < 1.29 is 39.2 Å². The van der Waals surface area contributed by atoms with E-state index >= 15 is 0 Å². The van der Waals surface area contributed by atoms with Gasteiger partial charge in [0.2, 0.25) is 5.75 Å². The standard InChI is InChI=1S/C25H35N3O8/c1-15-7-17(13-29)27(11-15)23(31)19-9-21(33-6)22(10-20(19)26-24(32)34-25(3,4)5)35-36-28-12-16(2)8-18(28)14-30/h9-10,17-18,29-30H,1-2,7-8,11-14H2,3-6H3,(H,26,32)/t17-,18-/m0/s1. The van der Waals surface area contributed by atoms with E-state index in [1.54, 1.807) is 20.8 Å². The van der Waals surface area contributed by atoms with Crippen LogP contribution in [-0.2, 0) is 9.73 Å². The minimum atomic E-state index is -0.769. The third-order valence-corrected chi connectivity index (χ3v) is 5.75. The van der Waals surface area contributed by atoms with Crippen LogP contribution >= 0.6 is 0 Å². The fraction of sp³-hybridized carbons (Fsp3) is 0.520. The zero-order valence-electron chi connectivity index (χ0n) is 21.2. The van der Waals surface area contributed by atoms with Gasteiger partial charge >= 0.3 is 6.09 Å². The molecule has 2 heterocycles. The number of anilines is 1. The van der Waals surface area contributed by atoms with E-state index in [0.29, 0.717) is 19.4 Å². The van der Waals surface area contributed by atoms with Crippen LogP contribution in [0, 0.1) is 0 Å². The SMILES string of the molecule is C=C1C[C@@H](CO)N(OOc2cc(NC(=O)OC(C)(C)C)c(C(=O)N3CC(=C)C[C@H]3CO)cc2OC)C1. The van der Waals surface area contributed by atoms with Gasteiger partial charge in [-0.05, 0) is 39.7 Å². The number of nitrogens with one attached hydrogen (secondary N) is 1. The number of aliphatic hydroxyl groups excluding tert-OH is 2. The number of likely N-dealkylation sites (tertiary alicyclic amines) is 1. The Hall–Kier alpha value is -3.12. The summed E-state index contributed by atoms with van der Waals surface area (Å²) in [6.07, 6.45) is 0.272. The molecule has 0 bridgehead atoms. The normalized spacial score (nSPS) is 20.6. The Morgan fingerprint density at radius 3 is 2.31 bits per heavy atom. The summed E-state index contributed by atoms with van der Waals surface area (Å²) in [6, 6.07) is 2.08. The minimum absolute atomic E-state index is 0.0823. The molecule has 2 amide bonds. The average molecular weight is 506 g/mol. The molecule has 0 spiro atoms. The molecule has 36 heavy (non-hydrogen) atoms. The highest BCUT2D eigenvalue weighted by atomic mass is 17.3. The quantitative estimate of drug-likeness (QED) is 0.277. The first kappa shape index (κ1) is 27.5. The van der Waals surface area contributed by atoms with Crippen molar-refractivity contribution in [2.24, 2.45) is 0 Å². The second-order valence-electron chi connectivity index (χ2n) is 9.92. The number of rotatable bonds is 8. The molecular weight excluding hydrogens is 470 g/mol. The van der Waals surface area contributed by atoms with Crippen LogP contribution in [0.15, 0.2) is 36.4 Å². The number of methoxy groups -OCH3 is 1. The molecule has 11 heteroatoms. The first-order chi connectivity index (χ1) is 16.9. The number of carbonyl (C=O) groups is 2. The Morgan fingerprint density at radius 1 is 1.06 bits per heavy atom. The van der Waals surface area contributed by atoms with Crippen LogP contribution in [-0.4, -0.2) is 83.3 Å². The van der Waals surface area contributed by atoms with Crippen LogP contribution in [0.5, 0.6) is 11.5 Å². The van der Waals surface area contributed by atoms with Gasteiger partial charge in [0.15, 0.2) is 5.75 Å². The third-order valence-electron chi connectivity index (χ3n) is 5.75. The topological polar surface area (TPSA) is 130 Å². The van der Waals surface area contributed by atoms with Gasteiger partial charge < -0.3 is 29.5 Å². The molecule has 11 nitrogen and oxygen atoms in total. The molecule has 2 aliphatic rings. The lowest BCUT2D eigenvalue weighted by Gasteiger charge is -2.25. The van der Waals surface area contributed by atoms with Gasteiger partial charge in [-0.2, -0.15) is 0 Å². The van der Waals surface area contributed by atoms with Crippen LogP contribution in [0.25, 0.3) is 0 Å². The van der Waals surface area contributed by atoms with Gasteiger partial charge in [0.1, 0.15) is 5.60 Å². The van der Waals surface area contributed by atoms with Gasteiger partial charge in [-0.25, -0.2) is 4.79 Å². The van der Waals surface area contributed by atoms with E-state index in [4.69, 9.17) is 19.3 Å². The van der Waals surface area contributed by atoms with Crippen LogP contribution in [0.1, 0.15) is 44.0 Å². The Labute approximate surface area is 210 Å². The smallest absolute Gasteiger partial charge is 0.412 e. The summed E-state index contributed by atoms with van der Waals surface area (Å²) in [6.45, 7) is 13.3. The molecule has 0 aliphatic carbocycles. The lowest BCUT2D eigenvalue weighted by atomic mass is 10.1. The monoisotopic (exact) mass is 505 g/mol. The number of ether oxygens (including phenoxy) is 2. The van der Waals surface area contributed by atoms with Gasteiger partial charge in [-0.15, -0.1) is 5.06 Å². The summed E-state index contributed by atoms with van der Waals surface area (Å²) in [5, 5.41) is 23.4. The maximum atomic E-state index is 13.5. The van der Waals surface area contributed by atoms with Crippen LogP contribution in [0.2, 0.25) is 0 Å². The lowest BCUT2D eigenvalue weighted by molar-refractivity contribution is -0.374. The molecule has 198 valence electrons. The Bertz CT molecular complexity index is 1020. The van der Waals surface area contributed by atoms with Crippen molar-refractivity contribution in [3.05, 3.63) is 42.0 Å². The van der Waals surface area contributed by atoms with E-state index < -0.39 is 23.6 Å². The Morgan fingerprint density at radius 2 is 1.69 bits per heavy atom. The highest BCUT2D eigenvalue weighted by Gasteiger charge is 2.34. The van der Waals surface area contributed by atoms with Gasteiger partial charge in [0.05, 0.1) is 43.7 Å². The highest BCUT2D eigenvalue weighted by molar-refractivity contribution is 6.04. The number of carbonyl (C=O) groups excluding carboxylic acids is 2. The van der Waals surface area contributed by atoms with E-state index in [2.05, 4.69) is 18.5 Å². The predicted octanol–water partition coefficient (Wildman–Crippen LogP) is 2.65. The van der Waals surface area contributed by atoms with Crippen molar-refractivity contribution in [3.8, 4) is 11.5 Å². The van der Waals surface area contributed by atoms with Crippen LogP contribution < -0.4 is 14.9 Å². The van der Waals surface area contributed by atoms with Gasteiger partial charge in [0.25, 0.3) is 5.91 Å². The summed E-state index contributed by atoms with van der Waals surface area (Å²) in [7, 11) is 1.40. The molecule has 0 aromatic heterocycles. The largest absolute Gasteiger partial charge is 0.493 e. The van der Waals surface area contributed by atoms with Crippen molar-refractivity contribution >= 4 is 17.7 Å². The molecule has 1 aromatic carbocycles. The minimum Gasteiger partial charge on any atom is -0.493 e. The number of hydroxylamine groups is 2. The van der Waals surface area contributed by atoms with Gasteiger partial charge in [0, 0.05) is 19.2 Å². The summed E-state index contributed by atoms with van der Waals surface area (Å²) in [5.74, 6) is -0.176. The van der Waals surface area contributed by atoms with E-state index in [0.717, 1.165) is 11.1 Å². The zero-order chi connectivity index (χ0) is 26.6. The molecule has 2 fully saturated rings. The van der Waals surface area contributed by atoms with Gasteiger partial charge in [-0.1, -0.05) is 29.3 Å². The maximum Gasteiger partial charge on any atom is 0.412 e. The van der Waals surface area contributed by atoms with E-state index in [-0.39, 0.29) is 48.6 Å². The second kappa shape index (κ2) is 11.3. The second-order valence-corrected chi connectivity index (χ2v) is 9.92. The number of amides is 2. The molecule has 0 radical (unpaired) electrons.